The summed E-state index contributed by atoms with van der Waals surface area (Å²) in [5.74, 6) is 1.00. The minimum absolute atomic E-state index is 0.0121. The maximum Gasteiger partial charge on any atom is 0.227 e. The Morgan fingerprint density at radius 3 is 2.32 bits per heavy atom. The van der Waals surface area contributed by atoms with Gasteiger partial charge in [0.1, 0.15) is 0 Å². The average molecular weight is 335 g/mol. The van der Waals surface area contributed by atoms with Crippen molar-refractivity contribution in [3.63, 3.8) is 0 Å². The van der Waals surface area contributed by atoms with Crippen LogP contribution in [0.1, 0.15) is 26.2 Å². The van der Waals surface area contributed by atoms with Gasteiger partial charge >= 0.3 is 0 Å². The van der Waals surface area contributed by atoms with Crippen LogP contribution < -0.4 is 5.32 Å². The van der Waals surface area contributed by atoms with Crippen molar-refractivity contribution in [2.45, 2.75) is 32.7 Å². The summed E-state index contributed by atoms with van der Waals surface area (Å²) in [5, 5.41) is 6.85. The third-order valence-corrected chi connectivity index (χ3v) is 3.73. The van der Waals surface area contributed by atoms with Crippen LogP contribution in [0.5, 0.6) is 0 Å². The summed E-state index contributed by atoms with van der Waals surface area (Å²) in [5.41, 5.74) is 3.19. The van der Waals surface area contributed by atoms with E-state index in [-0.39, 0.29) is 11.9 Å². The van der Waals surface area contributed by atoms with Crippen LogP contribution >= 0.6 is 0 Å². The zero-order valence-corrected chi connectivity index (χ0v) is 14.4. The predicted octanol–water partition coefficient (Wildman–Crippen LogP) is 3.86. The summed E-state index contributed by atoms with van der Waals surface area (Å²) in [7, 11) is 0. The molecular weight excluding hydrogens is 314 g/mol. The lowest BCUT2D eigenvalue weighted by Crippen LogP contribution is -2.30. The van der Waals surface area contributed by atoms with Crippen LogP contribution in [0.2, 0.25) is 0 Å². The summed E-state index contributed by atoms with van der Waals surface area (Å²) >= 11 is 0. The average Bonchev–Trinajstić information content (AvgIpc) is 3.09. The zero-order chi connectivity index (χ0) is 17.6. The maximum atomic E-state index is 11.7. The van der Waals surface area contributed by atoms with Crippen LogP contribution in [-0.4, -0.2) is 22.1 Å². The number of benzene rings is 2. The highest BCUT2D eigenvalue weighted by molar-refractivity contribution is 5.76. The number of amides is 1. The van der Waals surface area contributed by atoms with Crippen LogP contribution in [0.3, 0.4) is 0 Å². The predicted molar refractivity (Wildman–Crippen MR) is 96.8 cm³/mol. The molecule has 3 rings (SSSR count). The zero-order valence-electron chi connectivity index (χ0n) is 14.4. The largest absolute Gasteiger partial charge is 0.354 e. The lowest BCUT2D eigenvalue weighted by Gasteiger charge is -2.06. The Hall–Kier alpha value is -2.95. The van der Waals surface area contributed by atoms with E-state index in [9.17, 15) is 4.79 Å². The van der Waals surface area contributed by atoms with Gasteiger partial charge in [-0.1, -0.05) is 59.8 Å². The smallest absolute Gasteiger partial charge is 0.227 e. The first-order valence-corrected chi connectivity index (χ1v) is 8.39. The Morgan fingerprint density at radius 2 is 1.64 bits per heavy atom. The van der Waals surface area contributed by atoms with Gasteiger partial charge in [-0.25, -0.2) is 0 Å². The van der Waals surface area contributed by atoms with Gasteiger partial charge in [-0.15, -0.1) is 0 Å². The molecule has 0 fully saturated rings. The third-order valence-electron chi connectivity index (χ3n) is 3.73. The van der Waals surface area contributed by atoms with Gasteiger partial charge in [0.2, 0.25) is 17.6 Å². The van der Waals surface area contributed by atoms with Crippen molar-refractivity contribution in [2.24, 2.45) is 0 Å². The first-order valence-electron chi connectivity index (χ1n) is 8.39. The summed E-state index contributed by atoms with van der Waals surface area (Å²) in [6.07, 6.45) is 0.778. The van der Waals surface area contributed by atoms with Gasteiger partial charge < -0.3 is 9.84 Å². The van der Waals surface area contributed by atoms with Gasteiger partial charge in [0.25, 0.3) is 0 Å². The fourth-order valence-electron chi connectivity index (χ4n) is 2.53. The molecule has 0 saturated carbocycles. The highest BCUT2D eigenvalue weighted by atomic mass is 16.5. The lowest BCUT2D eigenvalue weighted by atomic mass is 10.0. The number of carbonyl (C=O) groups excluding carboxylic acids is 1. The summed E-state index contributed by atoms with van der Waals surface area (Å²) in [6.45, 7) is 3.86. The summed E-state index contributed by atoms with van der Waals surface area (Å²) in [4.78, 5) is 16.1. The van der Waals surface area contributed by atoms with Crippen molar-refractivity contribution in [3.8, 4) is 22.5 Å². The van der Waals surface area contributed by atoms with Gasteiger partial charge in [0.05, 0.1) is 0 Å². The van der Waals surface area contributed by atoms with E-state index in [0.29, 0.717) is 24.6 Å². The number of aryl methyl sites for hydroxylation is 1. The SMILES string of the molecule is CC(C)NC(=O)CCc1nc(-c2ccc(-c3ccccc3)cc2)no1. The van der Waals surface area contributed by atoms with Crippen molar-refractivity contribution in [3.05, 3.63) is 60.5 Å². The molecule has 5 nitrogen and oxygen atoms in total. The van der Waals surface area contributed by atoms with Gasteiger partial charge in [-0.3, -0.25) is 4.79 Å². The van der Waals surface area contributed by atoms with Crippen LogP contribution in [-0.2, 0) is 11.2 Å². The van der Waals surface area contributed by atoms with Crippen molar-refractivity contribution < 1.29 is 9.32 Å². The molecule has 0 saturated heterocycles. The molecule has 1 aromatic heterocycles. The number of nitrogens with zero attached hydrogens (tertiary/aromatic N) is 2. The number of aromatic nitrogens is 2. The number of hydrogen-bond donors (Lipinski definition) is 1. The molecule has 0 bridgehead atoms. The van der Waals surface area contributed by atoms with E-state index in [4.69, 9.17) is 4.52 Å². The molecule has 1 amide bonds. The number of carbonyl (C=O) groups is 1. The fourth-order valence-corrected chi connectivity index (χ4v) is 2.53. The molecule has 1 heterocycles. The first kappa shape index (κ1) is 16.9. The Morgan fingerprint density at radius 1 is 1.00 bits per heavy atom. The molecule has 2 aromatic carbocycles. The van der Waals surface area contributed by atoms with Gasteiger partial charge in [-0.2, -0.15) is 4.98 Å². The van der Waals surface area contributed by atoms with Crippen LogP contribution in [0.4, 0.5) is 0 Å². The topological polar surface area (TPSA) is 68.0 Å². The first-order chi connectivity index (χ1) is 12.1. The minimum atomic E-state index is -0.0121. The van der Waals surface area contributed by atoms with E-state index >= 15 is 0 Å². The van der Waals surface area contributed by atoms with Crippen molar-refractivity contribution in [2.75, 3.05) is 0 Å². The molecule has 0 aliphatic rings. The van der Waals surface area contributed by atoms with Crippen molar-refractivity contribution in [1.29, 1.82) is 0 Å². The second kappa shape index (κ2) is 7.75. The van der Waals surface area contributed by atoms with Crippen molar-refractivity contribution >= 4 is 5.91 Å². The second-order valence-electron chi connectivity index (χ2n) is 6.18. The Kier molecular flexibility index (Phi) is 5.23. The molecule has 1 N–H and O–H groups in total. The molecular formula is C20H21N3O2. The molecule has 3 aromatic rings. The summed E-state index contributed by atoms with van der Waals surface area (Å²) < 4.78 is 5.25. The monoisotopic (exact) mass is 335 g/mol. The Bertz CT molecular complexity index is 824. The standard InChI is InChI=1S/C20H21N3O2/c1-14(2)21-18(24)12-13-19-22-20(23-25-19)17-10-8-16(9-11-17)15-6-4-3-5-7-15/h3-11,14H,12-13H2,1-2H3,(H,21,24). The van der Waals surface area contributed by atoms with E-state index in [1.807, 2.05) is 56.3 Å². The van der Waals surface area contributed by atoms with Crippen LogP contribution in [0.25, 0.3) is 22.5 Å². The van der Waals surface area contributed by atoms with E-state index in [1.54, 1.807) is 0 Å². The summed E-state index contributed by atoms with van der Waals surface area (Å²) in [6, 6.07) is 18.3. The van der Waals surface area contributed by atoms with Gasteiger partial charge in [0, 0.05) is 24.4 Å². The molecule has 0 aliphatic carbocycles. The fraction of sp³-hybridized carbons (Fsp3) is 0.250. The maximum absolute atomic E-state index is 11.7. The highest BCUT2D eigenvalue weighted by Crippen LogP contribution is 2.23. The Labute approximate surface area is 147 Å². The highest BCUT2D eigenvalue weighted by Gasteiger charge is 2.11. The molecule has 0 aliphatic heterocycles. The quantitative estimate of drug-likeness (QED) is 0.743. The minimum Gasteiger partial charge on any atom is -0.354 e. The second-order valence-corrected chi connectivity index (χ2v) is 6.18. The van der Waals surface area contributed by atoms with Crippen molar-refractivity contribution in [1.82, 2.24) is 15.5 Å². The van der Waals surface area contributed by atoms with Crippen LogP contribution in [0, 0.1) is 0 Å². The number of rotatable bonds is 6. The molecule has 0 unspecified atom stereocenters. The van der Waals surface area contributed by atoms with Gasteiger partial charge in [0.15, 0.2) is 0 Å². The molecule has 0 radical (unpaired) electrons. The van der Waals surface area contributed by atoms with E-state index < -0.39 is 0 Å². The Balaban J connectivity index is 1.65. The molecule has 25 heavy (non-hydrogen) atoms. The molecule has 128 valence electrons. The third kappa shape index (κ3) is 4.53. The number of nitrogens with one attached hydrogen (secondary N) is 1. The van der Waals surface area contributed by atoms with Crippen LogP contribution in [0.15, 0.2) is 59.1 Å². The molecule has 0 spiro atoms. The van der Waals surface area contributed by atoms with E-state index in [0.717, 1.165) is 11.1 Å². The number of hydrogen-bond acceptors (Lipinski definition) is 4. The van der Waals surface area contributed by atoms with Gasteiger partial charge in [-0.05, 0) is 25.0 Å². The lowest BCUT2D eigenvalue weighted by molar-refractivity contribution is -0.121. The molecule has 0 atom stereocenters. The normalized spacial score (nSPS) is 10.8. The molecule has 5 heteroatoms. The van der Waals surface area contributed by atoms with E-state index in [1.165, 1.54) is 5.56 Å². The van der Waals surface area contributed by atoms with E-state index in [2.05, 4.69) is 27.6 Å².